The van der Waals surface area contributed by atoms with E-state index in [0.717, 1.165) is 11.1 Å². The Labute approximate surface area is 114 Å². The average molecular weight is 273 g/mol. The number of nitrogens with one attached hydrogen (secondary N) is 1. The Morgan fingerprint density at radius 1 is 1.39 bits per heavy atom. The first kappa shape index (κ1) is 16.9. The highest BCUT2D eigenvalue weighted by Crippen LogP contribution is 2.09. The number of hydrogen-bond acceptors (Lipinski definition) is 3. The molecule has 0 bridgehead atoms. The zero-order chi connectivity index (χ0) is 12.7. The van der Waals surface area contributed by atoms with Crippen LogP contribution in [0.1, 0.15) is 18.1 Å². The lowest BCUT2D eigenvalue weighted by Gasteiger charge is -2.12. The molecule has 0 radical (unpaired) electrons. The molecule has 0 aliphatic carbocycles. The third-order valence-corrected chi connectivity index (χ3v) is 2.67. The second kappa shape index (κ2) is 8.91. The molecule has 0 fully saturated rings. The monoisotopic (exact) mass is 272 g/mol. The van der Waals surface area contributed by atoms with Crippen molar-refractivity contribution >= 4 is 18.3 Å². The SMILES string of the molecule is COCc1ccccc1CNC(=O)C(C)CN.Cl. The highest BCUT2D eigenvalue weighted by Gasteiger charge is 2.10. The van der Waals surface area contributed by atoms with Crippen LogP contribution in [0.25, 0.3) is 0 Å². The van der Waals surface area contributed by atoms with E-state index in [9.17, 15) is 4.79 Å². The van der Waals surface area contributed by atoms with Gasteiger partial charge in [-0.25, -0.2) is 0 Å². The molecule has 1 unspecified atom stereocenters. The first-order valence-electron chi connectivity index (χ1n) is 5.72. The van der Waals surface area contributed by atoms with E-state index in [-0.39, 0.29) is 24.2 Å². The van der Waals surface area contributed by atoms with Gasteiger partial charge in [-0.2, -0.15) is 0 Å². The third kappa shape index (κ3) is 5.04. The molecule has 4 nitrogen and oxygen atoms in total. The Morgan fingerprint density at radius 2 is 2.00 bits per heavy atom. The molecule has 5 heteroatoms. The van der Waals surface area contributed by atoms with Crippen LogP contribution in [0.3, 0.4) is 0 Å². The van der Waals surface area contributed by atoms with E-state index in [1.165, 1.54) is 0 Å². The lowest BCUT2D eigenvalue weighted by molar-refractivity contribution is -0.124. The standard InChI is InChI=1S/C13H20N2O2.ClH/c1-10(7-14)13(16)15-8-11-5-3-4-6-12(11)9-17-2;/h3-6,10H,7-9,14H2,1-2H3,(H,15,16);1H. The summed E-state index contributed by atoms with van der Waals surface area (Å²) in [6, 6.07) is 7.90. The second-order valence-corrected chi connectivity index (χ2v) is 4.06. The molecule has 0 aromatic heterocycles. The minimum Gasteiger partial charge on any atom is -0.380 e. The Morgan fingerprint density at radius 3 is 2.56 bits per heavy atom. The van der Waals surface area contributed by atoms with Crippen LogP contribution in [0, 0.1) is 5.92 Å². The Kier molecular flexibility index (Phi) is 8.37. The van der Waals surface area contributed by atoms with Gasteiger partial charge in [0.15, 0.2) is 0 Å². The van der Waals surface area contributed by atoms with Crippen molar-refractivity contribution < 1.29 is 9.53 Å². The highest BCUT2D eigenvalue weighted by atomic mass is 35.5. The quantitative estimate of drug-likeness (QED) is 0.824. The summed E-state index contributed by atoms with van der Waals surface area (Å²) < 4.78 is 5.11. The van der Waals surface area contributed by atoms with Crippen molar-refractivity contribution in [2.75, 3.05) is 13.7 Å². The molecule has 0 spiro atoms. The van der Waals surface area contributed by atoms with Gasteiger partial charge in [-0.15, -0.1) is 12.4 Å². The van der Waals surface area contributed by atoms with Gasteiger partial charge in [0, 0.05) is 26.1 Å². The Balaban J connectivity index is 0.00000289. The van der Waals surface area contributed by atoms with Gasteiger partial charge in [-0.05, 0) is 11.1 Å². The molecular formula is C13H21ClN2O2. The van der Waals surface area contributed by atoms with Crippen molar-refractivity contribution in [2.45, 2.75) is 20.1 Å². The van der Waals surface area contributed by atoms with Crippen LogP contribution in [-0.4, -0.2) is 19.6 Å². The summed E-state index contributed by atoms with van der Waals surface area (Å²) in [6.45, 7) is 3.25. The maximum absolute atomic E-state index is 11.6. The van der Waals surface area contributed by atoms with Crippen molar-refractivity contribution in [3.63, 3.8) is 0 Å². The van der Waals surface area contributed by atoms with Crippen LogP contribution in [0.4, 0.5) is 0 Å². The molecule has 1 atom stereocenters. The molecular weight excluding hydrogens is 252 g/mol. The fourth-order valence-corrected chi connectivity index (χ4v) is 1.49. The van der Waals surface area contributed by atoms with Gasteiger partial charge in [0.1, 0.15) is 0 Å². The lowest BCUT2D eigenvalue weighted by Crippen LogP contribution is -2.33. The number of hydrogen-bond donors (Lipinski definition) is 2. The number of ether oxygens (including phenoxy) is 1. The normalized spacial score (nSPS) is 11.5. The topological polar surface area (TPSA) is 64.3 Å². The van der Waals surface area contributed by atoms with Crippen LogP contribution < -0.4 is 11.1 Å². The fourth-order valence-electron chi connectivity index (χ4n) is 1.49. The predicted octanol–water partition coefficient (Wildman–Crippen LogP) is 1.47. The molecule has 3 N–H and O–H groups in total. The molecule has 0 aliphatic rings. The number of carbonyl (C=O) groups excluding carboxylic acids is 1. The number of benzene rings is 1. The first-order valence-corrected chi connectivity index (χ1v) is 5.72. The van der Waals surface area contributed by atoms with Gasteiger partial charge in [0.25, 0.3) is 0 Å². The summed E-state index contributed by atoms with van der Waals surface area (Å²) in [7, 11) is 1.66. The summed E-state index contributed by atoms with van der Waals surface area (Å²) in [5.41, 5.74) is 7.61. The van der Waals surface area contributed by atoms with E-state index < -0.39 is 0 Å². The Hall–Kier alpha value is -1.10. The van der Waals surface area contributed by atoms with E-state index in [2.05, 4.69) is 5.32 Å². The van der Waals surface area contributed by atoms with E-state index >= 15 is 0 Å². The maximum atomic E-state index is 11.6. The van der Waals surface area contributed by atoms with Crippen LogP contribution in [0.2, 0.25) is 0 Å². The van der Waals surface area contributed by atoms with E-state index in [4.69, 9.17) is 10.5 Å². The van der Waals surface area contributed by atoms with Crippen molar-refractivity contribution in [3.05, 3.63) is 35.4 Å². The average Bonchev–Trinajstić information content (AvgIpc) is 2.36. The van der Waals surface area contributed by atoms with Crippen LogP contribution >= 0.6 is 12.4 Å². The molecule has 0 heterocycles. The summed E-state index contributed by atoms with van der Waals surface area (Å²) in [5, 5.41) is 2.87. The Bertz CT molecular complexity index is 372. The lowest BCUT2D eigenvalue weighted by atomic mass is 10.1. The predicted molar refractivity (Wildman–Crippen MR) is 74.5 cm³/mol. The van der Waals surface area contributed by atoms with E-state index in [1.807, 2.05) is 31.2 Å². The molecule has 1 amide bonds. The van der Waals surface area contributed by atoms with Crippen molar-refractivity contribution in [2.24, 2.45) is 11.7 Å². The smallest absolute Gasteiger partial charge is 0.224 e. The number of halogens is 1. The van der Waals surface area contributed by atoms with E-state index in [1.54, 1.807) is 7.11 Å². The van der Waals surface area contributed by atoms with Crippen molar-refractivity contribution in [1.29, 1.82) is 0 Å². The zero-order valence-electron chi connectivity index (χ0n) is 10.8. The summed E-state index contributed by atoms with van der Waals surface area (Å²) in [6.07, 6.45) is 0. The van der Waals surface area contributed by atoms with Gasteiger partial charge >= 0.3 is 0 Å². The van der Waals surface area contributed by atoms with Crippen molar-refractivity contribution in [1.82, 2.24) is 5.32 Å². The van der Waals surface area contributed by atoms with Gasteiger partial charge in [0.05, 0.1) is 6.61 Å². The zero-order valence-corrected chi connectivity index (χ0v) is 11.6. The third-order valence-electron chi connectivity index (χ3n) is 2.67. The molecule has 0 saturated heterocycles. The number of amides is 1. The molecule has 1 aromatic carbocycles. The van der Waals surface area contributed by atoms with Crippen LogP contribution in [0.5, 0.6) is 0 Å². The summed E-state index contributed by atoms with van der Waals surface area (Å²) in [4.78, 5) is 11.6. The number of rotatable bonds is 6. The minimum absolute atomic E-state index is 0. The van der Waals surface area contributed by atoms with Crippen LogP contribution in [-0.2, 0) is 22.7 Å². The highest BCUT2D eigenvalue weighted by molar-refractivity contribution is 5.85. The molecule has 0 aliphatic heterocycles. The van der Waals surface area contributed by atoms with Gasteiger partial charge < -0.3 is 15.8 Å². The van der Waals surface area contributed by atoms with Crippen molar-refractivity contribution in [3.8, 4) is 0 Å². The molecule has 1 aromatic rings. The molecule has 102 valence electrons. The summed E-state index contributed by atoms with van der Waals surface area (Å²) >= 11 is 0. The van der Waals surface area contributed by atoms with E-state index in [0.29, 0.717) is 19.7 Å². The molecule has 1 rings (SSSR count). The number of methoxy groups -OCH3 is 1. The van der Waals surface area contributed by atoms with Gasteiger partial charge in [-0.1, -0.05) is 31.2 Å². The largest absolute Gasteiger partial charge is 0.380 e. The van der Waals surface area contributed by atoms with Crippen LogP contribution in [0.15, 0.2) is 24.3 Å². The number of nitrogens with two attached hydrogens (primary N) is 1. The molecule has 18 heavy (non-hydrogen) atoms. The minimum atomic E-state index is -0.149. The summed E-state index contributed by atoms with van der Waals surface area (Å²) in [5.74, 6) is -0.163. The van der Waals surface area contributed by atoms with Gasteiger partial charge in [-0.3, -0.25) is 4.79 Å². The van der Waals surface area contributed by atoms with Gasteiger partial charge in [0.2, 0.25) is 5.91 Å². The first-order chi connectivity index (χ1) is 8.19. The second-order valence-electron chi connectivity index (χ2n) is 4.06. The molecule has 0 saturated carbocycles. The number of carbonyl (C=O) groups is 1. The maximum Gasteiger partial charge on any atom is 0.224 e. The fraction of sp³-hybridized carbons (Fsp3) is 0.462.